The molecule has 10 fully saturated rings. The van der Waals surface area contributed by atoms with E-state index in [1.807, 2.05) is 75.3 Å². The van der Waals surface area contributed by atoms with E-state index in [9.17, 15) is 58.5 Å². The summed E-state index contributed by atoms with van der Waals surface area (Å²) in [4.78, 5) is 122. The van der Waals surface area contributed by atoms with Gasteiger partial charge in [-0.05, 0) is 272 Å². The fourth-order valence-electron chi connectivity index (χ4n) is 15.2. The number of β-amino-alcohol motifs (C(OH)–C–C–N with tert-alkyl or cyclic N) is 3. The molecule has 128 heavy (non-hydrogen) atoms. The van der Waals surface area contributed by atoms with Crippen molar-refractivity contribution in [3.05, 3.63) is 23.4 Å². The van der Waals surface area contributed by atoms with Crippen molar-refractivity contribution in [2.75, 3.05) is 133 Å². The number of nitriles is 1. The average Bonchev–Trinajstić information content (AvgIpc) is 1.46. The number of aryl methyl sites for hydroxylation is 2. The SMILES string of the molecule is CC(C)(C)OC(=O)N1CCCC(=O)C1.CC(C)(C)OC(=O)N1CCCC(O)(C#N)C1.COC(=O)C1(O)CCCN(C(=O)OC(C)(C)C)C1.COC(=O)C1(O)CCCNC1.COC(=O)C1(OC2CCCCO2)CCCN(C(=O)OC(C)(C)C)C1.Cc1noc(C2(OC3CCCCO3)CCCN(C(=O)OC(C)(C)C)C2)n1.Cc1noc(C2(OC3CCCCO3)CCCNC2)n1. The number of nitrogens with zero attached hydrogens (tertiary/aromatic N) is 10. The molecular formula is C88H148N12O28. The minimum atomic E-state index is -1.62. The summed E-state index contributed by atoms with van der Waals surface area (Å²) < 4.78 is 87.0. The number of nitrogens with one attached hydrogen (secondary N) is 2. The fraction of sp³-hybridized carbons (Fsp3) is 0.841. The molecule has 0 aliphatic carbocycles. The molecule has 40 nitrogen and oxygen atoms in total. The zero-order valence-corrected chi connectivity index (χ0v) is 79.5. The van der Waals surface area contributed by atoms with Crippen molar-refractivity contribution in [1.82, 2.24) is 55.4 Å². The molecule has 0 bridgehead atoms. The number of piperidine rings is 7. The number of esters is 3. The number of Topliss-reactive ketones (excluding diaryl/α,β-unsaturated/α-hetero) is 1. The summed E-state index contributed by atoms with van der Waals surface area (Å²) >= 11 is 0. The second kappa shape index (κ2) is 48.8. The summed E-state index contributed by atoms with van der Waals surface area (Å²) in [6, 6.07) is 1.83. The van der Waals surface area contributed by atoms with Gasteiger partial charge in [0.15, 0.2) is 69.9 Å². The Balaban J connectivity index is 0.000000234. The lowest BCUT2D eigenvalue weighted by molar-refractivity contribution is -0.247. The average molecular weight is 1820 g/mol. The molecule has 40 heteroatoms. The van der Waals surface area contributed by atoms with Crippen LogP contribution in [-0.2, 0) is 96.7 Å². The van der Waals surface area contributed by atoms with Gasteiger partial charge in [-0.2, -0.15) is 15.2 Å². The first-order chi connectivity index (χ1) is 59.8. The van der Waals surface area contributed by atoms with Crippen LogP contribution in [0.25, 0.3) is 0 Å². The number of amides is 5. The lowest BCUT2D eigenvalue weighted by atomic mass is 9.92. The van der Waals surface area contributed by atoms with E-state index in [1.165, 1.54) is 40.9 Å². The van der Waals surface area contributed by atoms with E-state index in [0.717, 1.165) is 110 Å². The van der Waals surface area contributed by atoms with Crippen LogP contribution < -0.4 is 10.6 Å². The van der Waals surface area contributed by atoms with Gasteiger partial charge in [0.05, 0.1) is 60.1 Å². The van der Waals surface area contributed by atoms with E-state index in [1.54, 1.807) is 53.4 Å². The largest absolute Gasteiger partial charge is 0.467 e. The molecule has 9 atom stereocenters. The van der Waals surface area contributed by atoms with E-state index < -0.39 is 104 Å². The predicted octanol–water partition coefficient (Wildman–Crippen LogP) is 10.2. The maximum atomic E-state index is 12.6. The second-order valence-corrected chi connectivity index (χ2v) is 38.8. The van der Waals surface area contributed by atoms with Crippen LogP contribution >= 0.6 is 0 Å². The minimum absolute atomic E-state index is 0.0262. The number of carbonyl (C=O) groups is 9. The van der Waals surface area contributed by atoms with Crippen LogP contribution in [0.4, 0.5) is 24.0 Å². The number of ketones is 1. The first-order valence-electron chi connectivity index (χ1n) is 45.0. The predicted molar refractivity (Wildman–Crippen MR) is 459 cm³/mol. The van der Waals surface area contributed by atoms with E-state index in [2.05, 4.69) is 40.4 Å². The van der Waals surface area contributed by atoms with Crippen molar-refractivity contribution in [2.45, 2.75) is 346 Å². The van der Waals surface area contributed by atoms with Crippen LogP contribution in [0.15, 0.2) is 9.05 Å². The molecule has 0 aromatic carbocycles. The van der Waals surface area contributed by atoms with Gasteiger partial charge >= 0.3 is 48.4 Å². The van der Waals surface area contributed by atoms with Crippen molar-refractivity contribution in [3.8, 4) is 6.07 Å². The molecular weight excluding hydrogens is 1670 g/mol. The molecule has 5 N–H and O–H groups in total. The highest BCUT2D eigenvalue weighted by molar-refractivity contribution is 5.85. The Morgan fingerprint density at radius 2 is 0.789 bits per heavy atom. The van der Waals surface area contributed by atoms with Crippen LogP contribution in [0.2, 0.25) is 0 Å². The van der Waals surface area contributed by atoms with E-state index in [-0.39, 0.29) is 56.7 Å². The smallest absolute Gasteiger partial charge is 0.410 e. The maximum absolute atomic E-state index is 12.6. The van der Waals surface area contributed by atoms with Crippen molar-refractivity contribution >= 4 is 54.2 Å². The Labute approximate surface area is 753 Å². The number of aliphatic hydroxyl groups is 3. The molecule has 0 radical (unpaired) electrons. The van der Waals surface area contributed by atoms with Crippen LogP contribution in [0.5, 0.6) is 0 Å². The van der Waals surface area contributed by atoms with E-state index in [0.29, 0.717) is 147 Å². The summed E-state index contributed by atoms with van der Waals surface area (Å²) in [5, 5.41) is 52.4. The van der Waals surface area contributed by atoms with Crippen molar-refractivity contribution in [2.24, 2.45) is 0 Å². The second-order valence-electron chi connectivity index (χ2n) is 38.8. The summed E-state index contributed by atoms with van der Waals surface area (Å²) in [7, 11) is 3.84. The van der Waals surface area contributed by atoms with Crippen molar-refractivity contribution < 1.29 is 134 Å². The van der Waals surface area contributed by atoms with Crippen molar-refractivity contribution in [3.63, 3.8) is 0 Å². The zero-order chi connectivity index (χ0) is 95.2. The number of aromatic nitrogens is 4. The topological polar surface area (TPSA) is 485 Å². The molecule has 2 aromatic heterocycles. The van der Waals surface area contributed by atoms with Gasteiger partial charge in [0.1, 0.15) is 28.0 Å². The number of rotatable bonds is 11. The van der Waals surface area contributed by atoms with Crippen LogP contribution in [0, 0.1) is 25.2 Å². The van der Waals surface area contributed by atoms with Gasteiger partial charge in [-0.3, -0.25) is 4.79 Å². The molecule has 5 amide bonds. The van der Waals surface area contributed by atoms with Gasteiger partial charge in [-0.15, -0.1) is 0 Å². The molecule has 0 spiro atoms. The van der Waals surface area contributed by atoms with Gasteiger partial charge in [-0.25, -0.2) is 38.4 Å². The highest BCUT2D eigenvalue weighted by Gasteiger charge is 2.52. The standard InChI is InChI=1S/C18H29N3O5.C17H29NO6.C13H21N3O3.C12H21NO5.C11H18N2O3.C10H17NO3.C7H13NO3/c1-13-19-15(26-20-13)18(24-14-8-5-6-11-23-14)9-7-10-21(12-18)16(22)25-17(2,3)4;1-16(2,3)24-15(20)18-10-7-9-17(12-18,14(19)21-4)23-13-8-5-6-11-22-13;1-10-15-12(19-16-10)13(6-4-7-14-9-13)18-11-5-2-3-8-17-11;1-11(2,3)18-10(15)13-7-5-6-12(16,8-13)9(14)17-4;1-10(2,3)16-9(14)13-6-4-5-11(15,7-12)8-13;1-10(2,3)14-9(13)11-6-4-5-8(12)7-11;1-11-6(9)7(10)3-2-4-8-5-7/h14H,5-12H2,1-4H3;13H,5-12H2,1-4H3;11,14H,2-9H2,1H3;16H,5-8H2,1-4H3;15H,4-6,8H2,1-3H3;4-7H2,1-3H3;8,10H,2-5H2,1H3. The molecule has 2 aromatic rings. The lowest BCUT2D eigenvalue weighted by Crippen LogP contribution is -2.58. The molecule has 0 saturated carbocycles. The molecule has 12 heterocycles. The van der Waals surface area contributed by atoms with Gasteiger partial charge in [0.25, 0.3) is 11.8 Å². The molecule has 10 saturated heterocycles. The normalized spacial score (nSPS) is 27.1. The minimum Gasteiger partial charge on any atom is -0.467 e. The Hall–Kier alpha value is -8.24. The molecule has 10 aliphatic heterocycles. The number of hydrogen-bond donors (Lipinski definition) is 5. The number of carbonyl (C=O) groups excluding carboxylic acids is 9. The fourth-order valence-corrected chi connectivity index (χ4v) is 15.2. The van der Waals surface area contributed by atoms with Crippen LogP contribution in [0.3, 0.4) is 0 Å². The third-order valence-electron chi connectivity index (χ3n) is 21.3. The van der Waals surface area contributed by atoms with E-state index in [4.69, 9.17) is 71.2 Å². The van der Waals surface area contributed by atoms with Crippen molar-refractivity contribution in [1.29, 1.82) is 5.26 Å². The first-order valence-corrected chi connectivity index (χ1v) is 45.0. The zero-order valence-electron chi connectivity index (χ0n) is 79.5. The monoisotopic (exact) mass is 1820 g/mol. The number of methoxy groups -OCH3 is 3. The molecule has 12 rings (SSSR count). The van der Waals surface area contributed by atoms with Crippen LogP contribution in [-0.4, -0.2) is 316 Å². The quantitative estimate of drug-likeness (QED) is 0.0793. The lowest BCUT2D eigenvalue weighted by Gasteiger charge is -2.42. The van der Waals surface area contributed by atoms with Gasteiger partial charge in [0, 0.05) is 72.1 Å². The summed E-state index contributed by atoms with van der Waals surface area (Å²) in [5.74, 6) is 0.561. The van der Waals surface area contributed by atoms with E-state index >= 15 is 0 Å². The number of likely N-dealkylation sites (tertiary alicyclic amines) is 5. The maximum Gasteiger partial charge on any atom is 0.410 e. The molecule has 9 unspecified atom stereocenters. The number of hydrogen-bond acceptors (Lipinski definition) is 35. The van der Waals surface area contributed by atoms with Gasteiger partial charge in [0.2, 0.25) is 0 Å². The Kier molecular flexibility index (Phi) is 41.3. The summed E-state index contributed by atoms with van der Waals surface area (Å²) in [6.45, 7) is 39.0. The molecule has 728 valence electrons. The van der Waals surface area contributed by atoms with Gasteiger partial charge in [-0.1, -0.05) is 10.3 Å². The first kappa shape index (κ1) is 109. The van der Waals surface area contributed by atoms with Gasteiger partial charge < -0.3 is 126 Å². The Morgan fingerprint density at radius 3 is 1.19 bits per heavy atom. The summed E-state index contributed by atoms with van der Waals surface area (Å²) in [6.07, 6.45) is 14.8. The highest BCUT2D eigenvalue weighted by Crippen LogP contribution is 2.40. The summed E-state index contributed by atoms with van der Waals surface area (Å²) in [5.41, 5.74) is -9.69. The Morgan fingerprint density at radius 1 is 0.422 bits per heavy atom. The Bertz CT molecular complexity index is 3870. The third-order valence-corrected chi connectivity index (χ3v) is 21.3. The third kappa shape index (κ3) is 36.1. The van der Waals surface area contributed by atoms with Crippen LogP contribution in [0.1, 0.15) is 275 Å². The number of ether oxygens (including phenoxy) is 14. The molecule has 10 aliphatic rings. The highest BCUT2D eigenvalue weighted by atomic mass is 16.7.